The number of ether oxygens (including phenoxy) is 1. The highest BCUT2D eigenvalue weighted by atomic mass is 16.5. The van der Waals surface area contributed by atoms with Crippen LogP contribution in [0.1, 0.15) is 42.5 Å². The fraction of sp³-hybridized carbons (Fsp3) is 0.600. The minimum Gasteiger partial charge on any atom is -0.493 e. The summed E-state index contributed by atoms with van der Waals surface area (Å²) in [6.07, 6.45) is 1.05. The standard InChI is InChI=1S/C15H25NO/c1-6-8-17-15-9-11(3)14(10-16-7-2)12(4)13(15)5/h9,16H,6-8,10H2,1-5H3. The first-order valence-electron chi connectivity index (χ1n) is 6.55. The van der Waals surface area contributed by atoms with Crippen LogP contribution < -0.4 is 10.1 Å². The van der Waals surface area contributed by atoms with E-state index in [1.54, 1.807) is 0 Å². The summed E-state index contributed by atoms with van der Waals surface area (Å²) in [5, 5.41) is 3.40. The number of aryl methyl sites for hydroxylation is 1. The van der Waals surface area contributed by atoms with E-state index in [2.05, 4.69) is 46.0 Å². The van der Waals surface area contributed by atoms with E-state index in [4.69, 9.17) is 4.74 Å². The second-order valence-electron chi connectivity index (χ2n) is 4.55. The van der Waals surface area contributed by atoms with Crippen LogP contribution >= 0.6 is 0 Å². The Morgan fingerprint density at radius 2 is 1.82 bits per heavy atom. The van der Waals surface area contributed by atoms with Crippen molar-refractivity contribution in [2.45, 2.75) is 47.6 Å². The van der Waals surface area contributed by atoms with E-state index in [0.717, 1.165) is 31.9 Å². The summed E-state index contributed by atoms with van der Waals surface area (Å²) in [5.41, 5.74) is 5.36. The molecule has 0 fully saturated rings. The summed E-state index contributed by atoms with van der Waals surface area (Å²) in [4.78, 5) is 0. The fourth-order valence-corrected chi connectivity index (χ4v) is 1.98. The van der Waals surface area contributed by atoms with Crippen LogP contribution in [0.2, 0.25) is 0 Å². The first-order valence-corrected chi connectivity index (χ1v) is 6.55. The molecule has 0 aliphatic rings. The van der Waals surface area contributed by atoms with Gasteiger partial charge in [0.15, 0.2) is 0 Å². The molecule has 2 heteroatoms. The second kappa shape index (κ2) is 6.65. The smallest absolute Gasteiger partial charge is 0.122 e. The Morgan fingerprint density at radius 1 is 1.12 bits per heavy atom. The van der Waals surface area contributed by atoms with E-state index < -0.39 is 0 Å². The van der Waals surface area contributed by atoms with Crippen LogP contribution in [-0.4, -0.2) is 13.2 Å². The van der Waals surface area contributed by atoms with Gasteiger partial charge < -0.3 is 10.1 Å². The van der Waals surface area contributed by atoms with Crippen molar-refractivity contribution in [2.75, 3.05) is 13.2 Å². The number of benzene rings is 1. The third-order valence-corrected chi connectivity index (χ3v) is 3.22. The molecule has 0 atom stereocenters. The molecule has 2 nitrogen and oxygen atoms in total. The van der Waals surface area contributed by atoms with Crippen molar-refractivity contribution < 1.29 is 4.74 Å². The van der Waals surface area contributed by atoms with Crippen LogP contribution in [-0.2, 0) is 6.54 Å². The van der Waals surface area contributed by atoms with E-state index in [1.165, 1.54) is 22.3 Å². The van der Waals surface area contributed by atoms with E-state index in [0.29, 0.717) is 0 Å². The molecule has 0 radical (unpaired) electrons. The number of nitrogens with one attached hydrogen (secondary N) is 1. The summed E-state index contributed by atoms with van der Waals surface area (Å²) >= 11 is 0. The molecule has 1 aromatic rings. The Balaban J connectivity index is 2.99. The summed E-state index contributed by atoms with van der Waals surface area (Å²) in [6.45, 7) is 13.5. The second-order valence-corrected chi connectivity index (χ2v) is 4.55. The average Bonchev–Trinajstić information content (AvgIpc) is 2.32. The third-order valence-electron chi connectivity index (χ3n) is 3.22. The first-order chi connectivity index (χ1) is 8.11. The largest absolute Gasteiger partial charge is 0.493 e. The van der Waals surface area contributed by atoms with Gasteiger partial charge in [-0.25, -0.2) is 0 Å². The van der Waals surface area contributed by atoms with Gasteiger partial charge in [0.1, 0.15) is 5.75 Å². The topological polar surface area (TPSA) is 21.3 Å². The molecule has 17 heavy (non-hydrogen) atoms. The molecule has 1 N–H and O–H groups in total. The van der Waals surface area contributed by atoms with Crippen LogP contribution in [0.15, 0.2) is 6.07 Å². The number of hydrogen-bond donors (Lipinski definition) is 1. The maximum Gasteiger partial charge on any atom is 0.122 e. The SMILES string of the molecule is CCCOc1cc(C)c(CNCC)c(C)c1C. The molecule has 0 aliphatic carbocycles. The van der Waals surface area contributed by atoms with Gasteiger partial charge in [-0.1, -0.05) is 13.8 Å². The monoisotopic (exact) mass is 235 g/mol. The van der Waals surface area contributed by atoms with Crippen molar-refractivity contribution in [3.05, 3.63) is 28.3 Å². The predicted molar refractivity (Wildman–Crippen MR) is 73.8 cm³/mol. The van der Waals surface area contributed by atoms with Crippen molar-refractivity contribution in [1.29, 1.82) is 0 Å². The Morgan fingerprint density at radius 3 is 2.41 bits per heavy atom. The fourth-order valence-electron chi connectivity index (χ4n) is 1.98. The van der Waals surface area contributed by atoms with Gasteiger partial charge in [-0.2, -0.15) is 0 Å². The molecule has 0 unspecified atom stereocenters. The van der Waals surface area contributed by atoms with Gasteiger partial charge in [0.05, 0.1) is 6.61 Å². The normalized spacial score (nSPS) is 10.6. The Bertz CT molecular complexity index is 372. The molecule has 1 rings (SSSR count). The average molecular weight is 235 g/mol. The minimum absolute atomic E-state index is 0.798. The maximum absolute atomic E-state index is 5.79. The molecule has 0 saturated heterocycles. The van der Waals surface area contributed by atoms with E-state index in [-0.39, 0.29) is 0 Å². The molecule has 0 heterocycles. The molecule has 0 bridgehead atoms. The molecule has 96 valence electrons. The van der Waals surface area contributed by atoms with Crippen molar-refractivity contribution >= 4 is 0 Å². The van der Waals surface area contributed by atoms with Gasteiger partial charge in [0, 0.05) is 6.54 Å². The molecule has 1 aromatic carbocycles. The lowest BCUT2D eigenvalue weighted by Crippen LogP contribution is -2.14. The van der Waals surface area contributed by atoms with Crippen LogP contribution in [0.3, 0.4) is 0 Å². The molecule has 0 amide bonds. The summed E-state index contributed by atoms with van der Waals surface area (Å²) in [7, 11) is 0. The Kier molecular flexibility index (Phi) is 5.49. The first kappa shape index (κ1) is 14.0. The highest BCUT2D eigenvalue weighted by Gasteiger charge is 2.10. The predicted octanol–water partition coefficient (Wildman–Crippen LogP) is 3.51. The molecule has 0 spiro atoms. The van der Waals surface area contributed by atoms with Crippen LogP contribution in [0.25, 0.3) is 0 Å². The van der Waals surface area contributed by atoms with Crippen molar-refractivity contribution in [3.63, 3.8) is 0 Å². The lowest BCUT2D eigenvalue weighted by atomic mass is 9.97. The lowest BCUT2D eigenvalue weighted by Gasteiger charge is -2.17. The summed E-state index contributed by atoms with van der Waals surface area (Å²) < 4.78 is 5.79. The van der Waals surface area contributed by atoms with Crippen molar-refractivity contribution in [3.8, 4) is 5.75 Å². The van der Waals surface area contributed by atoms with Gasteiger partial charge in [0.25, 0.3) is 0 Å². The van der Waals surface area contributed by atoms with Gasteiger partial charge in [-0.15, -0.1) is 0 Å². The Labute approximate surface area is 105 Å². The highest BCUT2D eigenvalue weighted by Crippen LogP contribution is 2.27. The van der Waals surface area contributed by atoms with Crippen molar-refractivity contribution in [2.24, 2.45) is 0 Å². The number of hydrogen-bond acceptors (Lipinski definition) is 2. The van der Waals surface area contributed by atoms with E-state index in [1.807, 2.05) is 0 Å². The Hall–Kier alpha value is -1.02. The van der Waals surface area contributed by atoms with Gasteiger partial charge in [0.2, 0.25) is 0 Å². The zero-order valence-corrected chi connectivity index (χ0v) is 11.8. The van der Waals surface area contributed by atoms with Gasteiger partial charge in [-0.05, 0) is 62.1 Å². The lowest BCUT2D eigenvalue weighted by molar-refractivity contribution is 0.314. The summed E-state index contributed by atoms with van der Waals surface area (Å²) in [6, 6.07) is 2.17. The van der Waals surface area contributed by atoms with Crippen molar-refractivity contribution in [1.82, 2.24) is 5.32 Å². The molecular weight excluding hydrogens is 210 g/mol. The van der Waals surface area contributed by atoms with Crippen LogP contribution in [0.4, 0.5) is 0 Å². The summed E-state index contributed by atoms with van der Waals surface area (Å²) in [5.74, 6) is 1.04. The highest BCUT2D eigenvalue weighted by molar-refractivity contribution is 5.48. The van der Waals surface area contributed by atoms with Crippen LogP contribution in [0, 0.1) is 20.8 Å². The van der Waals surface area contributed by atoms with Gasteiger partial charge >= 0.3 is 0 Å². The molecule has 0 saturated carbocycles. The third kappa shape index (κ3) is 3.47. The van der Waals surface area contributed by atoms with Gasteiger partial charge in [-0.3, -0.25) is 0 Å². The molecular formula is C15H25NO. The minimum atomic E-state index is 0.798. The molecule has 0 aliphatic heterocycles. The zero-order valence-electron chi connectivity index (χ0n) is 11.8. The maximum atomic E-state index is 5.79. The zero-order chi connectivity index (χ0) is 12.8. The quantitative estimate of drug-likeness (QED) is 0.814. The molecule has 0 aromatic heterocycles. The van der Waals surface area contributed by atoms with E-state index in [9.17, 15) is 0 Å². The van der Waals surface area contributed by atoms with E-state index >= 15 is 0 Å². The number of rotatable bonds is 6. The van der Waals surface area contributed by atoms with Crippen LogP contribution in [0.5, 0.6) is 5.75 Å².